The van der Waals surface area contributed by atoms with E-state index in [1.54, 1.807) is 10.9 Å². The number of nitrogens with one attached hydrogen (secondary N) is 1. The number of hydrogen-bond acceptors (Lipinski definition) is 3. The van der Waals surface area contributed by atoms with E-state index in [1.807, 2.05) is 24.3 Å². The van der Waals surface area contributed by atoms with Crippen molar-refractivity contribution in [2.45, 2.75) is 6.54 Å². The lowest BCUT2D eigenvalue weighted by molar-refractivity contribution is -0.116. The number of carbonyl (C=O) groups excluding carboxylic acids is 1. The van der Waals surface area contributed by atoms with E-state index < -0.39 is 5.82 Å². The number of nitrogens with zero attached hydrogens (tertiary/aromatic N) is 2. The van der Waals surface area contributed by atoms with E-state index in [2.05, 4.69) is 10.4 Å². The molecule has 5 nitrogen and oxygen atoms in total. The molecule has 0 radical (unpaired) electrons. The van der Waals surface area contributed by atoms with Crippen molar-refractivity contribution in [3.63, 3.8) is 0 Å². The smallest absolute Gasteiger partial charge is 0.246 e. The number of rotatable bonds is 3. The summed E-state index contributed by atoms with van der Waals surface area (Å²) in [6.45, 7) is 0.00174. The summed E-state index contributed by atoms with van der Waals surface area (Å²) in [6, 6.07) is 11.6. The quantitative estimate of drug-likeness (QED) is 0.725. The maximum Gasteiger partial charge on any atom is 0.246 e. The van der Waals surface area contributed by atoms with Crippen molar-refractivity contribution in [3.05, 3.63) is 54.5 Å². The summed E-state index contributed by atoms with van der Waals surface area (Å²) in [5, 5.41) is 7.60. The molecule has 0 bridgehead atoms. The molecule has 3 rings (SSSR count). The maximum atomic E-state index is 13.6. The summed E-state index contributed by atoms with van der Waals surface area (Å²) in [5.41, 5.74) is 6.88. The highest BCUT2D eigenvalue weighted by atomic mass is 19.1. The van der Waals surface area contributed by atoms with E-state index in [0.29, 0.717) is 5.69 Å². The van der Waals surface area contributed by atoms with E-state index in [1.165, 1.54) is 18.2 Å². The lowest BCUT2D eigenvalue weighted by Gasteiger charge is -2.08. The summed E-state index contributed by atoms with van der Waals surface area (Å²) in [5.74, 6) is -0.892. The van der Waals surface area contributed by atoms with Gasteiger partial charge < -0.3 is 11.1 Å². The van der Waals surface area contributed by atoms with E-state index in [4.69, 9.17) is 5.73 Å². The highest BCUT2D eigenvalue weighted by molar-refractivity contribution is 5.92. The zero-order valence-corrected chi connectivity index (χ0v) is 11.1. The van der Waals surface area contributed by atoms with Crippen LogP contribution in [0.3, 0.4) is 0 Å². The average Bonchev–Trinajstić information content (AvgIpc) is 2.86. The van der Waals surface area contributed by atoms with Gasteiger partial charge in [-0.3, -0.25) is 9.48 Å². The van der Waals surface area contributed by atoms with Gasteiger partial charge in [0.25, 0.3) is 0 Å². The Morgan fingerprint density at radius 3 is 2.95 bits per heavy atom. The van der Waals surface area contributed by atoms with Crippen molar-refractivity contribution in [1.29, 1.82) is 0 Å². The summed E-state index contributed by atoms with van der Waals surface area (Å²) in [4.78, 5) is 12.0. The summed E-state index contributed by atoms with van der Waals surface area (Å²) in [7, 11) is 0. The van der Waals surface area contributed by atoms with Gasteiger partial charge in [0.1, 0.15) is 12.4 Å². The predicted octanol–water partition coefficient (Wildman–Crippen LogP) is 2.40. The highest BCUT2D eigenvalue weighted by Crippen LogP contribution is 2.18. The molecule has 0 spiro atoms. The number of para-hydroxylation sites is 1. The number of benzene rings is 2. The van der Waals surface area contributed by atoms with Gasteiger partial charge in [-0.1, -0.05) is 18.2 Å². The fourth-order valence-electron chi connectivity index (χ4n) is 2.12. The molecule has 3 aromatic rings. The van der Waals surface area contributed by atoms with Crippen LogP contribution in [0.2, 0.25) is 0 Å². The van der Waals surface area contributed by atoms with Crippen molar-refractivity contribution in [3.8, 4) is 0 Å². The molecule has 1 aromatic heterocycles. The first-order chi connectivity index (χ1) is 10.1. The fraction of sp³-hybridized carbons (Fsp3) is 0.0667. The van der Waals surface area contributed by atoms with Crippen LogP contribution in [-0.2, 0) is 11.3 Å². The number of nitrogen functional groups attached to an aromatic ring is 1. The molecule has 21 heavy (non-hydrogen) atoms. The summed E-state index contributed by atoms with van der Waals surface area (Å²) in [6.07, 6.45) is 1.68. The number of aromatic nitrogens is 2. The second-order valence-corrected chi connectivity index (χ2v) is 4.65. The molecule has 0 aliphatic heterocycles. The van der Waals surface area contributed by atoms with Gasteiger partial charge in [-0.05, 0) is 24.3 Å². The minimum atomic E-state index is -0.525. The molecule has 0 saturated carbocycles. The third kappa shape index (κ3) is 2.69. The Morgan fingerprint density at radius 2 is 2.10 bits per heavy atom. The minimum Gasteiger partial charge on any atom is -0.399 e. The topological polar surface area (TPSA) is 72.9 Å². The monoisotopic (exact) mass is 284 g/mol. The molecule has 1 amide bonds. The first kappa shape index (κ1) is 13.1. The van der Waals surface area contributed by atoms with Gasteiger partial charge in [0.05, 0.1) is 17.4 Å². The first-order valence-corrected chi connectivity index (χ1v) is 6.39. The number of amides is 1. The molecule has 0 aliphatic rings. The number of hydrogen-bond donors (Lipinski definition) is 2. The first-order valence-electron chi connectivity index (χ1n) is 6.39. The van der Waals surface area contributed by atoms with Crippen molar-refractivity contribution >= 4 is 28.2 Å². The van der Waals surface area contributed by atoms with E-state index in [0.717, 1.165) is 10.9 Å². The van der Waals surface area contributed by atoms with Crippen LogP contribution in [-0.4, -0.2) is 15.7 Å². The Labute approximate surface area is 120 Å². The van der Waals surface area contributed by atoms with Crippen LogP contribution >= 0.6 is 0 Å². The maximum absolute atomic E-state index is 13.6. The molecule has 6 heteroatoms. The molecule has 0 aliphatic carbocycles. The van der Waals surface area contributed by atoms with Crippen molar-refractivity contribution in [2.75, 3.05) is 11.1 Å². The Kier molecular flexibility index (Phi) is 3.27. The Morgan fingerprint density at radius 1 is 1.29 bits per heavy atom. The Hall–Kier alpha value is -2.89. The molecule has 0 atom stereocenters. The molecule has 3 N–H and O–H groups in total. The molecule has 2 aromatic carbocycles. The molecular weight excluding hydrogens is 271 g/mol. The zero-order chi connectivity index (χ0) is 14.8. The number of carbonyl (C=O) groups is 1. The van der Waals surface area contributed by atoms with Gasteiger partial charge >= 0.3 is 0 Å². The van der Waals surface area contributed by atoms with Crippen LogP contribution < -0.4 is 11.1 Å². The lowest BCUT2D eigenvalue weighted by atomic mass is 10.2. The molecule has 0 fully saturated rings. The number of anilines is 2. The summed E-state index contributed by atoms with van der Waals surface area (Å²) < 4.78 is 15.1. The fourth-order valence-corrected chi connectivity index (χ4v) is 2.12. The van der Waals surface area contributed by atoms with Gasteiger partial charge in [0.2, 0.25) is 5.91 Å². The number of nitrogens with two attached hydrogens (primary N) is 1. The third-order valence-corrected chi connectivity index (χ3v) is 3.11. The molecule has 0 saturated heterocycles. The second-order valence-electron chi connectivity index (χ2n) is 4.65. The third-order valence-electron chi connectivity index (χ3n) is 3.11. The lowest BCUT2D eigenvalue weighted by Crippen LogP contribution is -2.20. The van der Waals surface area contributed by atoms with Gasteiger partial charge in [-0.25, -0.2) is 4.39 Å². The SMILES string of the molecule is Nc1ccc(F)c(NC(=O)Cn2ncc3ccccc32)c1. The average molecular weight is 284 g/mol. The number of halogens is 1. The van der Waals surface area contributed by atoms with E-state index >= 15 is 0 Å². The van der Waals surface area contributed by atoms with Crippen molar-refractivity contribution in [1.82, 2.24) is 9.78 Å². The second kappa shape index (κ2) is 5.24. The standard InChI is InChI=1S/C15H13FN4O/c16-12-6-5-11(17)7-13(12)19-15(21)9-20-14-4-2-1-3-10(14)8-18-20/h1-8H,9,17H2,(H,19,21). The molecule has 106 valence electrons. The Balaban J connectivity index is 1.79. The molecule has 1 heterocycles. The van der Waals surface area contributed by atoms with Gasteiger partial charge in [0.15, 0.2) is 0 Å². The van der Waals surface area contributed by atoms with Crippen LogP contribution in [0.1, 0.15) is 0 Å². The predicted molar refractivity (Wildman–Crippen MR) is 79.2 cm³/mol. The largest absolute Gasteiger partial charge is 0.399 e. The van der Waals surface area contributed by atoms with Crippen LogP contribution in [0, 0.1) is 5.82 Å². The highest BCUT2D eigenvalue weighted by Gasteiger charge is 2.10. The van der Waals surface area contributed by atoms with E-state index in [-0.39, 0.29) is 18.1 Å². The van der Waals surface area contributed by atoms with Crippen molar-refractivity contribution in [2.24, 2.45) is 0 Å². The normalized spacial score (nSPS) is 10.7. The summed E-state index contributed by atoms with van der Waals surface area (Å²) >= 11 is 0. The minimum absolute atomic E-state index is 0.00174. The van der Waals surface area contributed by atoms with Gasteiger partial charge in [-0.15, -0.1) is 0 Å². The van der Waals surface area contributed by atoms with Crippen LogP contribution in [0.4, 0.5) is 15.8 Å². The Bertz CT molecular complexity index is 812. The van der Waals surface area contributed by atoms with Gasteiger partial charge in [-0.2, -0.15) is 5.10 Å². The zero-order valence-electron chi connectivity index (χ0n) is 11.1. The molecule has 0 unspecified atom stereocenters. The van der Waals surface area contributed by atoms with E-state index in [9.17, 15) is 9.18 Å². The van der Waals surface area contributed by atoms with Crippen LogP contribution in [0.5, 0.6) is 0 Å². The van der Waals surface area contributed by atoms with Gasteiger partial charge in [0, 0.05) is 11.1 Å². The van der Waals surface area contributed by atoms with Crippen LogP contribution in [0.25, 0.3) is 10.9 Å². The molecular formula is C15H13FN4O. The van der Waals surface area contributed by atoms with Crippen molar-refractivity contribution < 1.29 is 9.18 Å². The number of fused-ring (bicyclic) bond motifs is 1. The van der Waals surface area contributed by atoms with Crippen LogP contribution in [0.15, 0.2) is 48.7 Å².